The molecule has 0 saturated carbocycles. The molecular formula is C26H19NO5. The van der Waals surface area contributed by atoms with Gasteiger partial charge in [-0.2, -0.15) is 0 Å². The van der Waals surface area contributed by atoms with E-state index in [1.165, 1.54) is 0 Å². The van der Waals surface area contributed by atoms with E-state index in [0.29, 0.717) is 12.3 Å². The molecule has 158 valence electrons. The Balaban J connectivity index is 1.34. The van der Waals surface area contributed by atoms with E-state index in [0.717, 1.165) is 43.6 Å². The van der Waals surface area contributed by atoms with Crippen LogP contribution in [0.2, 0.25) is 0 Å². The van der Waals surface area contributed by atoms with Crippen molar-refractivity contribution in [1.29, 1.82) is 0 Å². The third-order valence-electron chi connectivity index (χ3n) is 5.71. The van der Waals surface area contributed by atoms with Crippen molar-refractivity contribution >= 4 is 30.2 Å². The first-order valence-electron chi connectivity index (χ1n) is 10.4. The highest BCUT2D eigenvalue weighted by molar-refractivity contribution is 5.82. The van der Waals surface area contributed by atoms with Gasteiger partial charge >= 0.3 is 6.16 Å². The van der Waals surface area contributed by atoms with Crippen LogP contribution in [0.1, 0.15) is 5.56 Å². The van der Waals surface area contributed by atoms with E-state index in [-0.39, 0.29) is 13.4 Å². The minimum absolute atomic E-state index is 0.163. The van der Waals surface area contributed by atoms with Gasteiger partial charge in [-0.05, 0) is 40.3 Å². The lowest BCUT2D eigenvalue weighted by Crippen LogP contribution is -2.43. The number of hydrogen-bond acceptors (Lipinski definition) is 6. The predicted octanol–water partition coefficient (Wildman–Crippen LogP) is 1.57. The van der Waals surface area contributed by atoms with Crippen molar-refractivity contribution in [1.82, 2.24) is 4.90 Å². The van der Waals surface area contributed by atoms with Gasteiger partial charge in [-0.25, -0.2) is 4.79 Å². The SMILES string of the molecule is O=C(OCc1ccccc1)Oc1cccc2c1=CN1CC=c3cc4c(cc3=C1C=2)OCO4. The molecule has 0 saturated heterocycles. The highest BCUT2D eigenvalue weighted by Crippen LogP contribution is 2.29. The molecule has 0 aliphatic carbocycles. The average Bonchev–Trinajstić information content (AvgIpc) is 3.29. The number of rotatable bonds is 3. The van der Waals surface area contributed by atoms with Crippen molar-refractivity contribution < 1.29 is 23.7 Å². The minimum Gasteiger partial charge on any atom is -0.454 e. The highest BCUT2D eigenvalue weighted by Gasteiger charge is 2.20. The topological polar surface area (TPSA) is 57.2 Å². The standard InChI is InChI=1S/C26H19NO5/c28-26(29-15-17-5-2-1-3-6-17)32-23-8-4-7-18-11-22-20-13-25-24(30-16-31-25)12-19(20)9-10-27(22)14-21(18)23/h1-9,11-14H,10,15-16H2. The van der Waals surface area contributed by atoms with Crippen molar-refractivity contribution in [3.05, 3.63) is 87.1 Å². The Bertz CT molecular complexity index is 1480. The largest absolute Gasteiger partial charge is 0.514 e. The molecule has 6 rings (SSSR count). The molecule has 32 heavy (non-hydrogen) atoms. The van der Waals surface area contributed by atoms with Crippen molar-refractivity contribution in [3.63, 3.8) is 0 Å². The minimum atomic E-state index is -0.728. The number of carbonyl (C=O) groups is 1. The quantitative estimate of drug-likeness (QED) is 0.469. The molecule has 0 fully saturated rings. The zero-order valence-electron chi connectivity index (χ0n) is 17.1. The number of benzene rings is 3. The maximum absolute atomic E-state index is 12.3. The van der Waals surface area contributed by atoms with E-state index in [1.807, 2.05) is 60.8 Å². The summed E-state index contributed by atoms with van der Waals surface area (Å²) in [6.45, 7) is 1.11. The third kappa shape index (κ3) is 3.26. The summed E-state index contributed by atoms with van der Waals surface area (Å²) < 4.78 is 21.9. The summed E-state index contributed by atoms with van der Waals surface area (Å²) in [4.78, 5) is 14.4. The predicted molar refractivity (Wildman–Crippen MR) is 118 cm³/mol. The van der Waals surface area contributed by atoms with Gasteiger partial charge in [0.15, 0.2) is 11.5 Å². The van der Waals surface area contributed by atoms with Crippen molar-refractivity contribution in [2.24, 2.45) is 0 Å². The number of hydrogen-bond donors (Lipinski definition) is 0. The fraction of sp³-hybridized carbons (Fsp3) is 0.115. The van der Waals surface area contributed by atoms with Gasteiger partial charge in [0.1, 0.15) is 12.4 Å². The first-order chi connectivity index (χ1) is 15.7. The molecule has 0 spiro atoms. The maximum Gasteiger partial charge on any atom is 0.514 e. The fourth-order valence-electron chi connectivity index (χ4n) is 4.13. The molecule has 3 heterocycles. The van der Waals surface area contributed by atoms with Crippen LogP contribution in [0.5, 0.6) is 17.2 Å². The van der Waals surface area contributed by atoms with E-state index in [9.17, 15) is 4.79 Å². The van der Waals surface area contributed by atoms with Crippen LogP contribution in [0.4, 0.5) is 4.79 Å². The van der Waals surface area contributed by atoms with E-state index in [2.05, 4.69) is 17.1 Å². The second-order valence-corrected chi connectivity index (χ2v) is 7.69. The molecule has 0 radical (unpaired) electrons. The summed E-state index contributed by atoms with van der Waals surface area (Å²) >= 11 is 0. The second-order valence-electron chi connectivity index (χ2n) is 7.69. The highest BCUT2D eigenvalue weighted by atomic mass is 16.7. The Labute approximate surface area is 183 Å². The van der Waals surface area contributed by atoms with Gasteiger partial charge in [-0.3, -0.25) is 0 Å². The molecule has 0 aromatic heterocycles. The smallest absolute Gasteiger partial charge is 0.454 e. The second kappa shape index (κ2) is 7.50. The Morgan fingerprint density at radius 2 is 1.81 bits per heavy atom. The van der Waals surface area contributed by atoms with E-state index in [4.69, 9.17) is 18.9 Å². The normalized spacial score (nSPS) is 14.8. The molecule has 0 bridgehead atoms. The third-order valence-corrected chi connectivity index (χ3v) is 5.71. The molecule has 0 atom stereocenters. The van der Waals surface area contributed by atoms with Gasteiger partial charge in [-0.1, -0.05) is 48.5 Å². The van der Waals surface area contributed by atoms with Crippen LogP contribution in [0.25, 0.3) is 24.0 Å². The molecule has 6 heteroatoms. The molecule has 3 aromatic rings. The number of nitrogens with zero attached hydrogens (tertiary/aromatic N) is 1. The van der Waals surface area contributed by atoms with Gasteiger partial charge in [0.2, 0.25) is 6.79 Å². The summed E-state index contributed by atoms with van der Waals surface area (Å²) in [5.74, 6) is 2.00. The van der Waals surface area contributed by atoms with Crippen LogP contribution in [-0.4, -0.2) is 24.4 Å². The zero-order chi connectivity index (χ0) is 21.5. The van der Waals surface area contributed by atoms with Crippen LogP contribution >= 0.6 is 0 Å². The summed E-state index contributed by atoms with van der Waals surface area (Å²) in [5, 5.41) is 4.00. The number of ether oxygens (including phenoxy) is 4. The average molecular weight is 425 g/mol. The lowest BCUT2D eigenvalue weighted by molar-refractivity contribution is 0.0924. The Morgan fingerprint density at radius 1 is 0.969 bits per heavy atom. The maximum atomic E-state index is 12.3. The Kier molecular flexibility index (Phi) is 4.35. The summed E-state index contributed by atoms with van der Waals surface area (Å²) in [7, 11) is 0. The van der Waals surface area contributed by atoms with Crippen molar-refractivity contribution in [2.45, 2.75) is 6.61 Å². The zero-order valence-corrected chi connectivity index (χ0v) is 17.1. The van der Waals surface area contributed by atoms with Gasteiger partial charge in [-0.15, -0.1) is 0 Å². The molecule has 3 aliphatic rings. The summed E-state index contributed by atoms with van der Waals surface area (Å²) in [5.41, 5.74) is 1.97. The monoisotopic (exact) mass is 425 g/mol. The first kappa shape index (κ1) is 18.6. The van der Waals surface area contributed by atoms with Crippen molar-refractivity contribution in [2.75, 3.05) is 13.3 Å². The van der Waals surface area contributed by atoms with E-state index < -0.39 is 6.16 Å². The molecular weight excluding hydrogens is 406 g/mol. The first-order valence-corrected chi connectivity index (χ1v) is 10.4. The van der Waals surface area contributed by atoms with Gasteiger partial charge in [0.05, 0.1) is 0 Å². The van der Waals surface area contributed by atoms with Gasteiger partial charge in [0.25, 0.3) is 0 Å². The summed E-state index contributed by atoms with van der Waals surface area (Å²) in [6.07, 6.45) is 5.53. The van der Waals surface area contributed by atoms with Crippen LogP contribution in [0.3, 0.4) is 0 Å². The fourth-order valence-corrected chi connectivity index (χ4v) is 4.13. The molecule has 0 N–H and O–H groups in total. The van der Waals surface area contributed by atoms with Crippen LogP contribution < -0.4 is 35.1 Å². The Hall–Kier alpha value is -4.19. The van der Waals surface area contributed by atoms with E-state index >= 15 is 0 Å². The number of carbonyl (C=O) groups excluding carboxylic acids is 1. The van der Waals surface area contributed by atoms with Gasteiger partial charge in [0, 0.05) is 28.9 Å². The van der Waals surface area contributed by atoms with Crippen LogP contribution in [0, 0.1) is 0 Å². The molecule has 0 amide bonds. The van der Waals surface area contributed by atoms with Crippen LogP contribution in [-0.2, 0) is 11.3 Å². The summed E-state index contributed by atoms with van der Waals surface area (Å²) in [6, 6.07) is 19.2. The lowest BCUT2D eigenvalue weighted by Gasteiger charge is -2.26. The van der Waals surface area contributed by atoms with Gasteiger partial charge < -0.3 is 23.8 Å². The molecule has 3 aliphatic heterocycles. The van der Waals surface area contributed by atoms with Crippen molar-refractivity contribution in [3.8, 4) is 17.2 Å². The molecule has 6 nitrogen and oxygen atoms in total. The lowest BCUT2D eigenvalue weighted by atomic mass is 10.0. The van der Waals surface area contributed by atoms with E-state index in [1.54, 1.807) is 6.07 Å². The van der Waals surface area contributed by atoms with Crippen LogP contribution in [0.15, 0.2) is 60.7 Å². The molecule has 0 unspecified atom stereocenters. The number of fused-ring (bicyclic) bond motifs is 4. The Morgan fingerprint density at radius 3 is 2.69 bits per heavy atom. The molecule has 3 aromatic carbocycles.